The normalized spacial score (nSPS) is 12.4. The fraction of sp³-hybridized carbons (Fsp3) is 0.357. The fourth-order valence-corrected chi connectivity index (χ4v) is 4.18. The molecule has 0 aliphatic heterocycles. The summed E-state index contributed by atoms with van der Waals surface area (Å²) < 4.78 is 0. The summed E-state index contributed by atoms with van der Waals surface area (Å²) in [6.45, 7) is 4.42. The molecule has 0 bridgehead atoms. The van der Waals surface area contributed by atoms with E-state index < -0.39 is 0 Å². The van der Waals surface area contributed by atoms with E-state index in [9.17, 15) is 0 Å². The summed E-state index contributed by atoms with van der Waals surface area (Å²) in [7, 11) is 6.50. The van der Waals surface area contributed by atoms with Gasteiger partial charge < -0.3 is 10.2 Å². The van der Waals surface area contributed by atoms with E-state index in [1.165, 1.54) is 28.7 Å². The van der Waals surface area contributed by atoms with Crippen molar-refractivity contribution in [3.05, 3.63) is 96.1 Å². The second-order valence-electron chi connectivity index (χ2n) is 8.40. The average Bonchev–Trinajstić information content (AvgIpc) is 2.81. The first kappa shape index (κ1) is 23.2. The average molecular weight is 416 g/mol. The van der Waals surface area contributed by atoms with Gasteiger partial charge in [-0.2, -0.15) is 0 Å². The molecule has 0 radical (unpaired) electrons. The van der Waals surface area contributed by atoms with Gasteiger partial charge in [-0.25, -0.2) is 0 Å². The van der Waals surface area contributed by atoms with Crippen molar-refractivity contribution in [2.75, 3.05) is 47.3 Å². The fourth-order valence-electron chi connectivity index (χ4n) is 4.18. The lowest BCUT2D eigenvalue weighted by molar-refractivity contribution is 0.246. The van der Waals surface area contributed by atoms with Crippen molar-refractivity contribution in [1.82, 2.24) is 15.1 Å². The number of nitrogens with zero attached hydrogens (tertiary/aromatic N) is 2. The zero-order valence-corrected chi connectivity index (χ0v) is 19.3. The predicted octanol–water partition coefficient (Wildman–Crippen LogP) is 5.31. The van der Waals surface area contributed by atoms with Gasteiger partial charge in [0.1, 0.15) is 0 Å². The van der Waals surface area contributed by atoms with Gasteiger partial charge in [0.2, 0.25) is 0 Å². The molecule has 3 nitrogen and oxygen atoms in total. The first-order valence-electron chi connectivity index (χ1n) is 11.4. The van der Waals surface area contributed by atoms with Crippen LogP contribution in [-0.2, 0) is 0 Å². The monoisotopic (exact) mass is 415 g/mol. The topological polar surface area (TPSA) is 18.5 Å². The Balaban J connectivity index is 1.69. The maximum absolute atomic E-state index is 3.23. The molecular weight excluding hydrogens is 378 g/mol. The second-order valence-corrected chi connectivity index (χ2v) is 8.40. The zero-order valence-electron chi connectivity index (χ0n) is 19.3. The summed E-state index contributed by atoms with van der Waals surface area (Å²) >= 11 is 0. The molecule has 0 spiro atoms. The highest BCUT2D eigenvalue weighted by Gasteiger charge is 2.19. The van der Waals surface area contributed by atoms with Gasteiger partial charge in [-0.15, -0.1) is 0 Å². The van der Waals surface area contributed by atoms with Crippen LogP contribution in [0.25, 0.3) is 11.1 Å². The molecule has 0 saturated heterocycles. The van der Waals surface area contributed by atoms with Crippen LogP contribution in [0.4, 0.5) is 0 Å². The number of nitrogens with one attached hydrogen (secondary N) is 1. The van der Waals surface area contributed by atoms with E-state index in [1.807, 2.05) is 7.05 Å². The molecular formula is C28H37N3. The number of rotatable bonds is 12. The minimum absolute atomic E-state index is 0.264. The lowest BCUT2D eigenvalue weighted by Crippen LogP contribution is -2.30. The van der Waals surface area contributed by atoms with Gasteiger partial charge >= 0.3 is 0 Å². The molecule has 1 N–H and O–H groups in total. The Labute approximate surface area is 188 Å². The van der Waals surface area contributed by atoms with Crippen LogP contribution in [0.3, 0.4) is 0 Å². The van der Waals surface area contributed by atoms with Crippen molar-refractivity contribution >= 4 is 0 Å². The molecule has 3 aromatic rings. The van der Waals surface area contributed by atoms with Crippen LogP contribution >= 0.6 is 0 Å². The Morgan fingerprint density at radius 3 is 1.84 bits per heavy atom. The van der Waals surface area contributed by atoms with E-state index in [0.717, 1.165) is 32.6 Å². The highest BCUT2D eigenvalue weighted by molar-refractivity contribution is 5.63. The Hall–Kier alpha value is -2.46. The smallest absolute Gasteiger partial charge is 0.0599 e. The number of hydrogen-bond donors (Lipinski definition) is 1. The summed E-state index contributed by atoms with van der Waals surface area (Å²) in [6.07, 6.45) is 2.36. The van der Waals surface area contributed by atoms with Crippen molar-refractivity contribution < 1.29 is 0 Å². The molecule has 3 heteroatoms. The summed E-state index contributed by atoms with van der Waals surface area (Å²) in [4.78, 5) is 4.94. The van der Waals surface area contributed by atoms with Gasteiger partial charge in [-0.1, -0.05) is 84.9 Å². The molecule has 31 heavy (non-hydrogen) atoms. The van der Waals surface area contributed by atoms with Crippen LogP contribution in [0.1, 0.15) is 30.0 Å². The number of benzene rings is 3. The molecule has 3 aromatic carbocycles. The molecule has 0 aromatic heterocycles. The van der Waals surface area contributed by atoms with Crippen LogP contribution < -0.4 is 5.32 Å². The standard InChI is InChI=1S/C28H37N3/c1-29-20-10-21-30(2)22-11-23-31(3)28(26-14-8-5-9-15-26)27-18-16-25(17-19-27)24-12-6-4-7-13-24/h4-9,12-19,28-29H,10-11,20-23H2,1-3H3. The Morgan fingerprint density at radius 1 is 0.645 bits per heavy atom. The van der Waals surface area contributed by atoms with Crippen LogP contribution in [0.2, 0.25) is 0 Å². The Bertz CT molecular complexity index is 862. The quantitative estimate of drug-likeness (QED) is 0.405. The molecule has 0 aliphatic rings. The van der Waals surface area contributed by atoms with Crippen molar-refractivity contribution in [2.24, 2.45) is 0 Å². The second kappa shape index (κ2) is 12.4. The summed E-state index contributed by atoms with van der Waals surface area (Å²) in [5.74, 6) is 0. The van der Waals surface area contributed by atoms with E-state index in [-0.39, 0.29) is 6.04 Å². The third kappa shape index (κ3) is 7.03. The van der Waals surface area contributed by atoms with E-state index in [4.69, 9.17) is 0 Å². The first-order valence-corrected chi connectivity index (χ1v) is 11.4. The third-order valence-corrected chi connectivity index (χ3v) is 5.91. The van der Waals surface area contributed by atoms with Crippen molar-refractivity contribution in [3.63, 3.8) is 0 Å². The van der Waals surface area contributed by atoms with Crippen molar-refractivity contribution in [2.45, 2.75) is 18.9 Å². The molecule has 0 amide bonds. The highest BCUT2D eigenvalue weighted by Crippen LogP contribution is 2.29. The molecule has 0 fully saturated rings. The van der Waals surface area contributed by atoms with Gasteiger partial charge in [-0.05, 0) is 82.4 Å². The SMILES string of the molecule is CNCCCN(C)CCCN(C)C(c1ccccc1)c1ccc(-c2ccccc2)cc1. The predicted molar refractivity (Wildman–Crippen MR) is 133 cm³/mol. The van der Waals surface area contributed by atoms with E-state index in [0.29, 0.717) is 0 Å². The molecule has 1 atom stereocenters. The van der Waals surface area contributed by atoms with Gasteiger partial charge in [-0.3, -0.25) is 4.90 Å². The Morgan fingerprint density at radius 2 is 1.19 bits per heavy atom. The maximum atomic E-state index is 3.23. The van der Waals surface area contributed by atoms with Crippen LogP contribution in [0, 0.1) is 0 Å². The molecule has 0 aliphatic carbocycles. The summed E-state index contributed by atoms with van der Waals surface area (Å²) in [5, 5.41) is 3.23. The largest absolute Gasteiger partial charge is 0.320 e. The lowest BCUT2D eigenvalue weighted by atomic mass is 9.95. The van der Waals surface area contributed by atoms with Gasteiger partial charge in [0.25, 0.3) is 0 Å². The molecule has 0 saturated carbocycles. The van der Waals surface area contributed by atoms with Crippen LogP contribution in [0.5, 0.6) is 0 Å². The first-order chi connectivity index (χ1) is 15.2. The minimum Gasteiger partial charge on any atom is -0.320 e. The summed E-state index contributed by atoms with van der Waals surface area (Å²) in [5.41, 5.74) is 5.22. The third-order valence-electron chi connectivity index (χ3n) is 5.91. The van der Waals surface area contributed by atoms with Gasteiger partial charge in [0.15, 0.2) is 0 Å². The Kier molecular flexibility index (Phi) is 9.29. The molecule has 0 heterocycles. The lowest BCUT2D eigenvalue weighted by Gasteiger charge is -2.30. The van der Waals surface area contributed by atoms with Gasteiger partial charge in [0, 0.05) is 0 Å². The highest BCUT2D eigenvalue weighted by atomic mass is 15.1. The van der Waals surface area contributed by atoms with E-state index >= 15 is 0 Å². The van der Waals surface area contributed by atoms with Crippen LogP contribution in [0.15, 0.2) is 84.9 Å². The van der Waals surface area contributed by atoms with E-state index in [1.54, 1.807) is 0 Å². The van der Waals surface area contributed by atoms with Crippen molar-refractivity contribution in [3.8, 4) is 11.1 Å². The molecule has 164 valence electrons. The molecule has 3 rings (SSSR count). The molecule has 1 unspecified atom stereocenters. The van der Waals surface area contributed by atoms with E-state index in [2.05, 4.69) is 114 Å². The van der Waals surface area contributed by atoms with Crippen molar-refractivity contribution in [1.29, 1.82) is 0 Å². The van der Waals surface area contributed by atoms with Crippen LogP contribution in [-0.4, -0.2) is 57.1 Å². The van der Waals surface area contributed by atoms with Gasteiger partial charge in [0.05, 0.1) is 6.04 Å². The maximum Gasteiger partial charge on any atom is 0.0599 e. The minimum atomic E-state index is 0.264. The summed E-state index contributed by atoms with van der Waals surface area (Å²) in [6, 6.07) is 30.8. The zero-order chi connectivity index (χ0) is 21.9. The number of hydrogen-bond acceptors (Lipinski definition) is 3.